The van der Waals surface area contributed by atoms with E-state index in [0.717, 1.165) is 42.4 Å². The smallest absolute Gasteiger partial charge is 0.119 e. The highest BCUT2D eigenvalue weighted by molar-refractivity contribution is 5.29. The van der Waals surface area contributed by atoms with Crippen molar-refractivity contribution in [2.75, 3.05) is 6.61 Å². The fourth-order valence-electron chi connectivity index (χ4n) is 5.27. The second-order valence-corrected chi connectivity index (χ2v) is 8.33. The maximum Gasteiger partial charge on any atom is 0.119 e. The number of rotatable bonds is 7. The van der Waals surface area contributed by atoms with Gasteiger partial charge in [-0.2, -0.15) is 0 Å². The van der Waals surface area contributed by atoms with Crippen LogP contribution < -0.4 is 4.74 Å². The Morgan fingerprint density at radius 1 is 0.923 bits per heavy atom. The third kappa shape index (κ3) is 5.34. The lowest BCUT2D eigenvalue weighted by atomic mass is 9.68. The van der Waals surface area contributed by atoms with Crippen LogP contribution in [-0.2, 0) is 0 Å². The highest BCUT2D eigenvalue weighted by Gasteiger charge is 2.31. The Kier molecular flexibility index (Phi) is 7.58. The van der Waals surface area contributed by atoms with Crippen molar-refractivity contribution >= 4 is 0 Å². The Balaban J connectivity index is 1.41. The standard InChI is InChI=1S/C24H35FO/c1-2-26-24-16-14-23(15-17-24)22-12-10-21(11-13-22)20-8-6-19(7-9-20)5-3-4-18-25/h4,14-22H,2-3,5-13H2,1H3/t19-,20-,21-,22-. The first-order chi connectivity index (χ1) is 12.8. The first-order valence-corrected chi connectivity index (χ1v) is 10.8. The van der Waals surface area contributed by atoms with E-state index >= 15 is 0 Å². The van der Waals surface area contributed by atoms with Crippen LogP contribution in [0.25, 0.3) is 0 Å². The molecule has 2 fully saturated rings. The van der Waals surface area contributed by atoms with Gasteiger partial charge in [0.25, 0.3) is 0 Å². The first-order valence-electron chi connectivity index (χ1n) is 10.8. The molecule has 2 saturated carbocycles. The topological polar surface area (TPSA) is 9.23 Å². The van der Waals surface area contributed by atoms with Gasteiger partial charge in [-0.1, -0.05) is 31.1 Å². The van der Waals surface area contributed by atoms with E-state index in [1.807, 2.05) is 6.92 Å². The second kappa shape index (κ2) is 10.1. The van der Waals surface area contributed by atoms with Crippen LogP contribution in [0.2, 0.25) is 0 Å². The molecular formula is C24H35FO. The largest absolute Gasteiger partial charge is 0.494 e. The van der Waals surface area contributed by atoms with Crippen LogP contribution in [0.5, 0.6) is 5.75 Å². The van der Waals surface area contributed by atoms with Crippen LogP contribution in [0.4, 0.5) is 4.39 Å². The van der Waals surface area contributed by atoms with E-state index in [-0.39, 0.29) is 0 Å². The monoisotopic (exact) mass is 358 g/mol. The molecule has 2 aliphatic rings. The van der Waals surface area contributed by atoms with E-state index in [2.05, 4.69) is 24.3 Å². The highest BCUT2D eigenvalue weighted by atomic mass is 19.1. The van der Waals surface area contributed by atoms with Gasteiger partial charge in [0.2, 0.25) is 0 Å². The maximum atomic E-state index is 12.1. The van der Waals surface area contributed by atoms with Gasteiger partial charge in [-0.3, -0.25) is 0 Å². The molecule has 0 aliphatic heterocycles. The molecule has 0 aromatic heterocycles. The second-order valence-electron chi connectivity index (χ2n) is 8.33. The van der Waals surface area contributed by atoms with Crippen LogP contribution in [0, 0.1) is 17.8 Å². The molecule has 2 aliphatic carbocycles. The lowest BCUT2D eigenvalue weighted by Crippen LogP contribution is -2.25. The van der Waals surface area contributed by atoms with Crippen molar-refractivity contribution in [3.05, 3.63) is 42.2 Å². The number of halogens is 1. The molecule has 1 aromatic rings. The zero-order valence-corrected chi connectivity index (χ0v) is 16.3. The Hall–Kier alpha value is -1.31. The third-order valence-corrected chi connectivity index (χ3v) is 6.82. The van der Waals surface area contributed by atoms with Crippen molar-refractivity contribution < 1.29 is 9.13 Å². The number of hydrogen-bond donors (Lipinski definition) is 0. The number of benzene rings is 1. The SMILES string of the molecule is CCOc1ccc([C@H]2CC[C@H]([C@H]3CC[C@H](CCC=CF)CC3)CC2)cc1. The van der Waals surface area contributed by atoms with Gasteiger partial charge in [-0.05, 0) is 99.7 Å². The molecule has 0 heterocycles. The van der Waals surface area contributed by atoms with Crippen LogP contribution in [0.3, 0.4) is 0 Å². The molecule has 1 aromatic carbocycles. The van der Waals surface area contributed by atoms with Gasteiger partial charge in [0.15, 0.2) is 0 Å². The van der Waals surface area contributed by atoms with Gasteiger partial charge in [-0.25, -0.2) is 4.39 Å². The molecular weight excluding hydrogens is 323 g/mol. The zero-order chi connectivity index (χ0) is 18.2. The van der Waals surface area contributed by atoms with Crippen molar-refractivity contribution in [1.29, 1.82) is 0 Å². The van der Waals surface area contributed by atoms with Gasteiger partial charge in [0, 0.05) is 0 Å². The summed E-state index contributed by atoms with van der Waals surface area (Å²) in [5.41, 5.74) is 1.50. The van der Waals surface area contributed by atoms with Crippen molar-refractivity contribution in [1.82, 2.24) is 0 Å². The molecule has 0 atom stereocenters. The molecule has 1 nitrogen and oxygen atoms in total. The van der Waals surface area contributed by atoms with Crippen LogP contribution in [0.1, 0.15) is 82.6 Å². The molecule has 0 saturated heterocycles. The van der Waals surface area contributed by atoms with Gasteiger partial charge in [-0.15, -0.1) is 0 Å². The van der Waals surface area contributed by atoms with Crippen molar-refractivity contribution in [2.24, 2.45) is 17.8 Å². The van der Waals surface area contributed by atoms with E-state index in [1.165, 1.54) is 63.4 Å². The Morgan fingerprint density at radius 3 is 2.12 bits per heavy atom. The normalized spacial score (nSPS) is 29.8. The number of ether oxygens (including phenoxy) is 1. The molecule has 0 N–H and O–H groups in total. The highest BCUT2D eigenvalue weighted by Crippen LogP contribution is 2.44. The van der Waals surface area contributed by atoms with E-state index in [0.29, 0.717) is 6.33 Å². The van der Waals surface area contributed by atoms with Crippen molar-refractivity contribution in [3.8, 4) is 5.75 Å². The molecule has 3 rings (SSSR count). The molecule has 0 bridgehead atoms. The van der Waals surface area contributed by atoms with Crippen LogP contribution in [-0.4, -0.2) is 6.61 Å². The van der Waals surface area contributed by atoms with Gasteiger partial charge in [0.1, 0.15) is 5.75 Å². The minimum absolute atomic E-state index is 0.703. The molecule has 0 amide bonds. The predicted octanol–water partition coefficient (Wildman–Crippen LogP) is 7.43. The zero-order valence-electron chi connectivity index (χ0n) is 16.3. The van der Waals surface area contributed by atoms with Gasteiger partial charge in [0.05, 0.1) is 12.9 Å². The van der Waals surface area contributed by atoms with Gasteiger partial charge >= 0.3 is 0 Å². The predicted molar refractivity (Wildman–Crippen MR) is 107 cm³/mol. The average Bonchev–Trinajstić information content (AvgIpc) is 2.70. The minimum atomic E-state index is 0.703. The van der Waals surface area contributed by atoms with E-state index < -0.39 is 0 Å². The minimum Gasteiger partial charge on any atom is -0.494 e. The third-order valence-electron chi connectivity index (χ3n) is 6.82. The molecule has 144 valence electrons. The summed E-state index contributed by atoms with van der Waals surface area (Å²) in [4.78, 5) is 0. The first kappa shape index (κ1) is 19.5. The Bertz CT molecular complexity index is 534. The van der Waals surface area contributed by atoms with Gasteiger partial charge < -0.3 is 4.74 Å². The lowest BCUT2D eigenvalue weighted by Gasteiger charge is -2.38. The molecule has 0 radical (unpaired) electrons. The number of allylic oxidation sites excluding steroid dienone is 1. The summed E-state index contributed by atoms with van der Waals surface area (Å²) in [6, 6.07) is 8.80. The molecule has 0 unspecified atom stereocenters. The lowest BCUT2D eigenvalue weighted by molar-refractivity contribution is 0.157. The fraction of sp³-hybridized carbons (Fsp3) is 0.667. The summed E-state index contributed by atoms with van der Waals surface area (Å²) in [7, 11) is 0. The summed E-state index contributed by atoms with van der Waals surface area (Å²) in [5.74, 6) is 4.46. The summed E-state index contributed by atoms with van der Waals surface area (Å²) < 4.78 is 17.6. The summed E-state index contributed by atoms with van der Waals surface area (Å²) in [6.07, 6.45) is 15.5. The number of hydrogen-bond acceptors (Lipinski definition) is 1. The Morgan fingerprint density at radius 2 is 1.54 bits per heavy atom. The summed E-state index contributed by atoms with van der Waals surface area (Å²) >= 11 is 0. The van der Waals surface area contributed by atoms with E-state index in [4.69, 9.17) is 4.74 Å². The van der Waals surface area contributed by atoms with Crippen molar-refractivity contribution in [2.45, 2.75) is 77.0 Å². The van der Waals surface area contributed by atoms with E-state index in [9.17, 15) is 4.39 Å². The average molecular weight is 359 g/mol. The van der Waals surface area contributed by atoms with Crippen LogP contribution >= 0.6 is 0 Å². The molecule has 0 spiro atoms. The Labute approximate surface area is 159 Å². The summed E-state index contributed by atoms with van der Waals surface area (Å²) in [5, 5.41) is 0. The van der Waals surface area contributed by atoms with Crippen molar-refractivity contribution in [3.63, 3.8) is 0 Å². The maximum absolute atomic E-state index is 12.1. The summed E-state index contributed by atoms with van der Waals surface area (Å²) in [6.45, 7) is 2.77. The van der Waals surface area contributed by atoms with Crippen LogP contribution in [0.15, 0.2) is 36.7 Å². The quantitative estimate of drug-likeness (QED) is 0.492. The fourth-order valence-corrected chi connectivity index (χ4v) is 5.27. The molecule has 26 heavy (non-hydrogen) atoms. The van der Waals surface area contributed by atoms with E-state index in [1.54, 1.807) is 6.08 Å². The molecule has 2 heteroatoms.